The molecule has 17 heavy (non-hydrogen) atoms. The molecule has 0 spiro atoms. The maximum atomic E-state index is 4.72. The van der Waals surface area contributed by atoms with Crippen molar-refractivity contribution >= 4 is 61.1 Å². The third-order valence-electron chi connectivity index (χ3n) is 2.63. The van der Waals surface area contributed by atoms with Gasteiger partial charge in [-0.1, -0.05) is 34.6 Å². The Kier molecular flexibility index (Phi) is 5.17. The van der Waals surface area contributed by atoms with E-state index in [2.05, 4.69) is 69.0 Å². The number of amidine groups is 1. The normalized spacial score (nSPS) is 19.9. The molecule has 92 valence electrons. The minimum atomic E-state index is 0.489. The van der Waals surface area contributed by atoms with Crippen LogP contribution in [0, 0.1) is 3.57 Å². The molecule has 1 N–H and O–H groups in total. The molecule has 0 amide bonds. The summed E-state index contributed by atoms with van der Waals surface area (Å²) >= 11 is 7.65. The molecule has 0 bridgehead atoms. The minimum Gasteiger partial charge on any atom is -0.334 e. The molecule has 1 aromatic rings. The van der Waals surface area contributed by atoms with E-state index in [1.165, 1.54) is 9.99 Å². The van der Waals surface area contributed by atoms with Crippen molar-refractivity contribution in [2.75, 3.05) is 11.1 Å². The molecule has 0 radical (unpaired) electrons. The minimum absolute atomic E-state index is 0.489. The van der Waals surface area contributed by atoms with Gasteiger partial charge in [0.15, 0.2) is 5.17 Å². The Morgan fingerprint density at radius 1 is 1.59 bits per heavy atom. The molecule has 1 atom stereocenters. The predicted molar refractivity (Wildman–Crippen MR) is 89.1 cm³/mol. The standard InChI is InChI=1S/C12H14BrIN2S/c1-2-9-5-6-17-12(15-9)16-11-7-8(13)3-4-10(11)14/h3-4,7,9H,2,5-6H2,1H3,(H,15,16). The highest BCUT2D eigenvalue weighted by Gasteiger charge is 2.14. The number of benzene rings is 1. The number of hydrogen-bond donors (Lipinski definition) is 1. The molecule has 0 aliphatic carbocycles. The van der Waals surface area contributed by atoms with E-state index >= 15 is 0 Å². The van der Waals surface area contributed by atoms with Crippen molar-refractivity contribution < 1.29 is 0 Å². The third kappa shape index (κ3) is 3.86. The van der Waals surface area contributed by atoms with Crippen molar-refractivity contribution in [3.8, 4) is 0 Å². The molecule has 0 aromatic heterocycles. The molecule has 1 heterocycles. The van der Waals surface area contributed by atoms with E-state index in [9.17, 15) is 0 Å². The van der Waals surface area contributed by atoms with E-state index < -0.39 is 0 Å². The molecule has 0 saturated carbocycles. The van der Waals surface area contributed by atoms with Gasteiger partial charge in [-0.15, -0.1) is 0 Å². The van der Waals surface area contributed by atoms with E-state index in [0.717, 1.165) is 27.5 Å². The molecule has 1 aliphatic heterocycles. The number of nitrogens with zero attached hydrogens (tertiary/aromatic N) is 1. The lowest BCUT2D eigenvalue weighted by Gasteiger charge is -2.20. The second kappa shape index (κ2) is 6.43. The number of hydrogen-bond acceptors (Lipinski definition) is 3. The van der Waals surface area contributed by atoms with Gasteiger partial charge in [0.1, 0.15) is 0 Å². The highest BCUT2D eigenvalue weighted by atomic mass is 127. The first-order valence-electron chi connectivity index (χ1n) is 5.61. The summed E-state index contributed by atoms with van der Waals surface area (Å²) in [5, 5.41) is 4.48. The predicted octanol–water partition coefficient (Wildman–Crippen LogP) is 4.74. The van der Waals surface area contributed by atoms with Crippen molar-refractivity contribution in [2.45, 2.75) is 25.8 Å². The van der Waals surface area contributed by atoms with Crippen molar-refractivity contribution in [2.24, 2.45) is 4.99 Å². The van der Waals surface area contributed by atoms with Gasteiger partial charge in [0.05, 0.1) is 11.7 Å². The zero-order valence-electron chi connectivity index (χ0n) is 9.54. The first-order valence-corrected chi connectivity index (χ1v) is 8.47. The van der Waals surface area contributed by atoms with Crippen molar-refractivity contribution in [1.82, 2.24) is 0 Å². The van der Waals surface area contributed by atoms with Crippen molar-refractivity contribution in [3.05, 3.63) is 26.2 Å². The van der Waals surface area contributed by atoms with Gasteiger partial charge in [0.2, 0.25) is 0 Å². The summed E-state index contributed by atoms with van der Waals surface area (Å²) in [6.07, 6.45) is 2.32. The van der Waals surface area contributed by atoms with E-state index in [4.69, 9.17) is 4.99 Å². The van der Waals surface area contributed by atoms with Gasteiger partial charge in [-0.2, -0.15) is 0 Å². The van der Waals surface area contributed by atoms with Crippen molar-refractivity contribution in [3.63, 3.8) is 0 Å². The van der Waals surface area contributed by atoms with Crippen LogP contribution in [0.1, 0.15) is 19.8 Å². The average Bonchev–Trinajstić information content (AvgIpc) is 2.34. The topological polar surface area (TPSA) is 24.4 Å². The summed E-state index contributed by atoms with van der Waals surface area (Å²) in [7, 11) is 0. The molecular formula is C12H14BrIN2S. The number of aliphatic imine (C=N–C) groups is 1. The Bertz CT molecular complexity index is 437. The van der Waals surface area contributed by atoms with Gasteiger partial charge in [0.25, 0.3) is 0 Å². The van der Waals surface area contributed by atoms with Crippen LogP contribution < -0.4 is 5.32 Å². The van der Waals surface area contributed by atoms with Crippen LogP contribution in [0.5, 0.6) is 0 Å². The first-order chi connectivity index (χ1) is 8.19. The van der Waals surface area contributed by atoms with Crippen LogP contribution in [0.3, 0.4) is 0 Å². The Labute approximate surface area is 128 Å². The van der Waals surface area contributed by atoms with Crippen LogP contribution >= 0.6 is 50.3 Å². The highest BCUT2D eigenvalue weighted by molar-refractivity contribution is 14.1. The van der Waals surface area contributed by atoms with Gasteiger partial charge in [-0.05, 0) is 53.6 Å². The second-order valence-corrected chi connectivity index (χ2v) is 7.04. The number of thioether (sulfide) groups is 1. The summed E-state index contributed by atoms with van der Waals surface area (Å²) in [5.41, 5.74) is 1.13. The first kappa shape index (κ1) is 13.7. The largest absolute Gasteiger partial charge is 0.334 e. The molecule has 0 fully saturated rings. The molecule has 0 saturated heterocycles. The summed E-state index contributed by atoms with van der Waals surface area (Å²) in [5.74, 6) is 1.16. The molecule has 1 unspecified atom stereocenters. The summed E-state index contributed by atoms with van der Waals surface area (Å²) in [6.45, 7) is 2.20. The zero-order valence-corrected chi connectivity index (χ0v) is 14.1. The van der Waals surface area contributed by atoms with Crippen LogP contribution in [0.2, 0.25) is 0 Å². The summed E-state index contributed by atoms with van der Waals surface area (Å²) in [4.78, 5) is 4.72. The highest BCUT2D eigenvalue weighted by Crippen LogP contribution is 2.26. The maximum Gasteiger partial charge on any atom is 0.161 e. The lowest BCUT2D eigenvalue weighted by molar-refractivity contribution is 0.634. The molecule has 5 heteroatoms. The second-order valence-electron chi connectivity index (χ2n) is 3.88. The SMILES string of the molecule is CCC1CCSC(Nc2cc(Br)ccc2I)=N1. The van der Waals surface area contributed by atoms with Gasteiger partial charge in [-0.3, -0.25) is 4.99 Å². The molecule has 1 aromatic carbocycles. The van der Waals surface area contributed by atoms with Crippen molar-refractivity contribution in [1.29, 1.82) is 0 Å². The number of anilines is 1. The Morgan fingerprint density at radius 2 is 2.41 bits per heavy atom. The number of nitrogens with one attached hydrogen (secondary N) is 1. The Morgan fingerprint density at radius 3 is 3.18 bits per heavy atom. The quantitative estimate of drug-likeness (QED) is 0.693. The van der Waals surface area contributed by atoms with Crippen LogP contribution in [0.15, 0.2) is 27.7 Å². The fourth-order valence-electron chi connectivity index (χ4n) is 1.63. The summed E-state index contributed by atoms with van der Waals surface area (Å²) < 4.78 is 2.31. The van der Waals surface area contributed by atoms with Crippen LogP contribution in [0.25, 0.3) is 0 Å². The van der Waals surface area contributed by atoms with E-state index in [1.54, 1.807) is 0 Å². The lowest BCUT2D eigenvalue weighted by Crippen LogP contribution is -2.19. The van der Waals surface area contributed by atoms with Crippen LogP contribution in [-0.2, 0) is 0 Å². The van der Waals surface area contributed by atoms with Gasteiger partial charge < -0.3 is 5.32 Å². The number of halogens is 2. The monoisotopic (exact) mass is 424 g/mol. The molecule has 1 aliphatic rings. The van der Waals surface area contributed by atoms with E-state index in [-0.39, 0.29) is 0 Å². The van der Waals surface area contributed by atoms with Crippen LogP contribution in [0.4, 0.5) is 5.69 Å². The van der Waals surface area contributed by atoms with Gasteiger partial charge in [-0.25, -0.2) is 0 Å². The van der Waals surface area contributed by atoms with Gasteiger partial charge in [0, 0.05) is 13.8 Å². The molecule has 2 nitrogen and oxygen atoms in total. The average molecular weight is 425 g/mol. The fourth-order valence-corrected chi connectivity index (χ4v) is 3.45. The molecular weight excluding hydrogens is 411 g/mol. The Balaban J connectivity index is 2.15. The Hall–Kier alpha value is 0.250. The van der Waals surface area contributed by atoms with Gasteiger partial charge >= 0.3 is 0 Å². The fraction of sp³-hybridized carbons (Fsp3) is 0.417. The molecule has 2 rings (SSSR count). The summed E-state index contributed by atoms with van der Waals surface area (Å²) in [6, 6.07) is 6.74. The van der Waals surface area contributed by atoms with E-state index in [1.807, 2.05) is 11.8 Å². The third-order valence-corrected chi connectivity index (χ3v) is 4.99. The lowest BCUT2D eigenvalue weighted by atomic mass is 10.2. The van der Waals surface area contributed by atoms with Crippen LogP contribution in [-0.4, -0.2) is 17.0 Å². The number of rotatable bonds is 2. The van der Waals surface area contributed by atoms with E-state index in [0.29, 0.717) is 6.04 Å². The zero-order chi connectivity index (χ0) is 12.3. The maximum absolute atomic E-state index is 4.72. The smallest absolute Gasteiger partial charge is 0.161 e.